The summed E-state index contributed by atoms with van der Waals surface area (Å²) in [6.07, 6.45) is 7.23. The largest absolute Gasteiger partial charge is 0.378 e. The van der Waals surface area contributed by atoms with Crippen LogP contribution in [-0.4, -0.2) is 38.4 Å². The molecule has 98 valence electrons. The fourth-order valence-electron chi connectivity index (χ4n) is 2.18. The maximum absolute atomic E-state index is 4.58. The van der Waals surface area contributed by atoms with E-state index in [-0.39, 0.29) is 0 Å². The highest BCUT2D eigenvalue weighted by molar-refractivity contribution is 5.80. The topological polar surface area (TPSA) is 18.8 Å². The predicted octanol–water partition coefficient (Wildman–Crippen LogP) is 2.96. The molecule has 1 saturated heterocycles. The van der Waals surface area contributed by atoms with Gasteiger partial charge in [0.1, 0.15) is 0 Å². The maximum Gasteiger partial charge on any atom is 0.0542 e. The average Bonchev–Trinajstić information content (AvgIpc) is 2.65. The first kappa shape index (κ1) is 12.9. The van der Waals surface area contributed by atoms with Gasteiger partial charge in [-0.05, 0) is 30.5 Å². The Morgan fingerprint density at radius 1 is 1.00 bits per heavy atom. The molecule has 0 saturated carbocycles. The molecule has 1 heterocycles. The number of hydrogen-bond donors (Lipinski definition) is 0. The SMILES string of the molecule is CN(C)c1ccc(/C=N\N2CCCCCC2)cc1. The summed E-state index contributed by atoms with van der Waals surface area (Å²) in [5.41, 5.74) is 2.40. The normalized spacial score (nSPS) is 16.9. The number of hydrazone groups is 1. The second-order valence-electron chi connectivity index (χ2n) is 5.10. The first-order chi connectivity index (χ1) is 8.75. The molecule has 1 aliphatic heterocycles. The Morgan fingerprint density at radius 2 is 1.61 bits per heavy atom. The summed E-state index contributed by atoms with van der Waals surface area (Å²) in [6.45, 7) is 2.21. The quantitative estimate of drug-likeness (QED) is 0.762. The van der Waals surface area contributed by atoms with Crippen LogP contribution in [0.5, 0.6) is 0 Å². The van der Waals surface area contributed by atoms with Gasteiger partial charge in [0.15, 0.2) is 0 Å². The lowest BCUT2D eigenvalue weighted by atomic mass is 10.2. The minimum absolute atomic E-state index is 1.10. The molecule has 18 heavy (non-hydrogen) atoms. The van der Waals surface area contributed by atoms with Crippen LogP contribution in [0.4, 0.5) is 5.69 Å². The molecule has 0 radical (unpaired) electrons. The van der Waals surface area contributed by atoms with Crippen LogP contribution in [0.25, 0.3) is 0 Å². The van der Waals surface area contributed by atoms with E-state index >= 15 is 0 Å². The Kier molecular flexibility index (Phi) is 4.62. The Bertz CT molecular complexity index is 373. The molecule has 0 unspecified atom stereocenters. The lowest BCUT2D eigenvalue weighted by Gasteiger charge is -2.15. The highest BCUT2D eigenvalue weighted by atomic mass is 15.4. The van der Waals surface area contributed by atoms with Crippen LogP contribution in [0, 0.1) is 0 Å². The van der Waals surface area contributed by atoms with Crippen LogP contribution >= 0.6 is 0 Å². The van der Waals surface area contributed by atoms with Crippen LogP contribution in [0.3, 0.4) is 0 Å². The van der Waals surface area contributed by atoms with Gasteiger partial charge in [-0.2, -0.15) is 5.10 Å². The summed E-state index contributed by atoms with van der Waals surface area (Å²) in [5.74, 6) is 0. The van der Waals surface area contributed by atoms with E-state index in [0.717, 1.165) is 13.1 Å². The van der Waals surface area contributed by atoms with Crippen molar-refractivity contribution in [3.63, 3.8) is 0 Å². The molecule has 0 N–H and O–H groups in total. The highest BCUT2D eigenvalue weighted by Gasteiger charge is 2.05. The van der Waals surface area contributed by atoms with Gasteiger partial charge in [0.05, 0.1) is 6.21 Å². The van der Waals surface area contributed by atoms with Crippen LogP contribution in [0.15, 0.2) is 29.4 Å². The van der Waals surface area contributed by atoms with Gasteiger partial charge in [0.25, 0.3) is 0 Å². The Balaban J connectivity index is 1.95. The van der Waals surface area contributed by atoms with E-state index in [2.05, 4.69) is 53.4 Å². The third kappa shape index (κ3) is 3.76. The average molecular weight is 245 g/mol. The van der Waals surface area contributed by atoms with Gasteiger partial charge in [-0.3, -0.25) is 5.01 Å². The van der Waals surface area contributed by atoms with Crippen molar-refractivity contribution in [3.05, 3.63) is 29.8 Å². The molecular formula is C15H23N3. The number of hydrogen-bond acceptors (Lipinski definition) is 3. The molecule has 0 bridgehead atoms. The second kappa shape index (κ2) is 6.43. The molecule has 3 nitrogen and oxygen atoms in total. The minimum atomic E-state index is 1.10. The molecule has 1 aromatic rings. The molecule has 0 aliphatic carbocycles. The van der Waals surface area contributed by atoms with E-state index < -0.39 is 0 Å². The van der Waals surface area contributed by atoms with Crippen molar-refractivity contribution < 1.29 is 0 Å². The number of anilines is 1. The lowest BCUT2D eigenvalue weighted by Crippen LogP contribution is -2.18. The Labute approximate surface area is 110 Å². The molecule has 0 aromatic heterocycles. The predicted molar refractivity (Wildman–Crippen MR) is 78.4 cm³/mol. The summed E-state index contributed by atoms with van der Waals surface area (Å²) in [5, 5.41) is 6.78. The molecule has 0 spiro atoms. The first-order valence-electron chi connectivity index (χ1n) is 6.82. The molecule has 3 heteroatoms. The summed E-state index contributed by atoms with van der Waals surface area (Å²) < 4.78 is 0. The van der Waals surface area contributed by atoms with Gasteiger partial charge < -0.3 is 4.90 Å². The van der Waals surface area contributed by atoms with Crippen molar-refractivity contribution in [2.45, 2.75) is 25.7 Å². The highest BCUT2D eigenvalue weighted by Crippen LogP contribution is 2.12. The summed E-state index contributed by atoms with van der Waals surface area (Å²) in [7, 11) is 4.11. The zero-order chi connectivity index (χ0) is 12.8. The summed E-state index contributed by atoms with van der Waals surface area (Å²) in [4.78, 5) is 2.11. The van der Waals surface area contributed by atoms with E-state index in [1.165, 1.54) is 36.9 Å². The van der Waals surface area contributed by atoms with Gasteiger partial charge in [-0.15, -0.1) is 0 Å². The lowest BCUT2D eigenvalue weighted by molar-refractivity contribution is 0.302. The van der Waals surface area contributed by atoms with Gasteiger partial charge in [0, 0.05) is 32.9 Å². The molecular weight excluding hydrogens is 222 g/mol. The zero-order valence-electron chi connectivity index (χ0n) is 11.5. The van der Waals surface area contributed by atoms with Crippen LogP contribution < -0.4 is 4.90 Å². The minimum Gasteiger partial charge on any atom is -0.378 e. The molecule has 1 aromatic carbocycles. The fourth-order valence-corrected chi connectivity index (χ4v) is 2.18. The van der Waals surface area contributed by atoms with Crippen molar-refractivity contribution in [2.24, 2.45) is 5.10 Å². The number of rotatable bonds is 3. The Morgan fingerprint density at radius 3 is 2.17 bits per heavy atom. The van der Waals surface area contributed by atoms with Gasteiger partial charge in [0.2, 0.25) is 0 Å². The van der Waals surface area contributed by atoms with E-state index in [1.54, 1.807) is 0 Å². The zero-order valence-corrected chi connectivity index (χ0v) is 11.5. The van der Waals surface area contributed by atoms with Gasteiger partial charge in [-0.25, -0.2) is 0 Å². The van der Waals surface area contributed by atoms with Crippen molar-refractivity contribution in [1.29, 1.82) is 0 Å². The smallest absolute Gasteiger partial charge is 0.0542 e. The van der Waals surface area contributed by atoms with E-state index in [1.807, 2.05) is 6.21 Å². The van der Waals surface area contributed by atoms with Crippen molar-refractivity contribution in [1.82, 2.24) is 5.01 Å². The first-order valence-corrected chi connectivity index (χ1v) is 6.82. The van der Waals surface area contributed by atoms with Gasteiger partial charge >= 0.3 is 0 Å². The van der Waals surface area contributed by atoms with Crippen molar-refractivity contribution in [2.75, 3.05) is 32.1 Å². The third-order valence-electron chi connectivity index (χ3n) is 3.36. The molecule has 1 aliphatic rings. The van der Waals surface area contributed by atoms with E-state index in [0.29, 0.717) is 0 Å². The van der Waals surface area contributed by atoms with Crippen molar-refractivity contribution >= 4 is 11.9 Å². The molecule has 1 fully saturated rings. The monoisotopic (exact) mass is 245 g/mol. The molecule has 2 rings (SSSR count). The van der Waals surface area contributed by atoms with Gasteiger partial charge in [-0.1, -0.05) is 25.0 Å². The van der Waals surface area contributed by atoms with Crippen molar-refractivity contribution in [3.8, 4) is 0 Å². The number of nitrogens with zero attached hydrogens (tertiary/aromatic N) is 3. The Hall–Kier alpha value is -1.51. The van der Waals surface area contributed by atoms with E-state index in [9.17, 15) is 0 Å². The standard InChI is InChI=1S/C15H23N3/c1-17(2)15-9-7-14(8-10-15)13-16-18-11-5-3-4-6-12-18/h7-10,13H,3-6,11-12H2,1-2H3/b16-13-. The molecule has 0 amide bonds. The van der Waals surface area contributed by atoms with E-state index in [4.69, 9.17) is 0 Å². The fraction of sp³-hybridized carbons (Fsp3) is 0.533. The number of benzene rings is 1. The summed E-state index contributed by atoms with van der Waals surface area (Å²) in [6, 6.07) is 8.50. The second-order valence-corrected chi connectivity index (χ2v) is 5.10. The molecule has 0 atom stereocenters. The maximum atomic E-state index is 4.58. The van der Waals surface area contributed by atoms with Crippen LogP contribution in [-0.2, 0) is 0 Å². The third-order valence-corrected chi connectivity index (χ3v) is 3.36. The van der Waals surface area contributed by atoms with Crippen LogP contribution in [0.2, 0.25) is 0 Å². The summed E-state index contributed by atoms with van der Waals surface area (Å²) >= 11 is 0. The van der Waals surface area contributed by atoms with Crippen LogP contribution in [0.1, 0.15) is 31.2 Å².